The molecule has 3 nitrogen and oxygen atoms in total. The van der Waals surface area contributed by atoms with Gasteiger partial charge in [0.25, 0.3) is 5.91 Å². The van der Waals surface area contributed by atoms with Gasteiger partial charge in [-0.2, -0.15) is 0 Å². The number of carbonyl (C=O) groups excluding carboxylic acids is 1. The first-order valence-electron chi connectivity index (χ1n) is 4.51. The zero-order chi connectivity index (χ0) is 11.5. The Labute approximate surface area is 98.7 Å². The van der Waals surface area contributed by atoms with Crippen LogP contribution in [0.1, 0.15) is 23.0 Å². The third-order valence-corrected chi connectivity index (χ3v) is 3.25. The summed E-state index contributed by atoms with van der Waals surface area (Å²) in [5, 5.41) is 2.74. The summed E-state index contributed by atoms with van der Waals surface area (Å²) in [6, 6.07) is 1.73. The number of nitrogens with one attached hydrogen (secondary N) is 1. The van der Waals surface area contributed by atoms with E-state index in [1.165, 1.54) is 6.26 Å². The van der Waals surface area contributed by atoms with Crippen LogP contribution >= 0.6 is 23.2 Å². The van der Waals surface area contributed by atoms with Crippen LogP contribution in [0.2, 0.25) is 0 Å². The molecule has 1 heterocycles. The predicted molar refractivity (Wildman–Crippen MR) is 60.8 cm³/mol. The van der Waals surface area contributed by atoms with Crippen LogP contribution < -0.4 is 5.32 Å². The molecule has 0 aliphatic carbocycles. The van der Waals surface area contributed by atoms with E-state index < -0.39 is 5.54 Å². The van der Waals surface area contributed by atoms with E-state index >= 15 is 0 Å². The quantitative estimate of drug-likeness (QED) is 0.834. The summed E-state index contributed by atoms with van der Waals surface area (Å²) in [4.78, 5) is 11.7. The van der Waals surface area contributed by atoms with E-state index in [4.69, 9.17) is 27.6 Å². The fourth-order valence-electron chi connectivity index (χ4n) is 1.04. The summed E-state index contributed by atoms with van der Waals surface area (Å²) >= 11 is 11.4. The summed E-state index contributed by atoms with van der Waals surface area (Å²) in [6.07, 6.45) is 1.48. The zero-order valence-electron chi connectivity index (χ0n) is 8.64. The van der Waals surface area contributed by atoms with Crippen molar-refractivity contribution in [2.24, 2.45) is 0 Å². The molecule has 1 rings (SSSR count). The van der Waals surface area contributed by atoms with E-state index in [1.54, 1.807) is 19.9 Å². The lowest BCUT2D eigenvalue weighted by molar-refractivity contribution is 0.0892. The molecule has 0 fully saturated rings. The van der Waals surface area contributed by atoms with Crippen LogP contribution in [0, 0.1) is 6.92 Å². The second-order valence-corrected chi connectivity index (χ2v) is 4.25. The lowest BCUT2D eigenvalue weighted by Crippen LogP contribution is -2.49. The van der Waals surface area contributed by atoms with Crippen LogP contribution in [-0.4, -0.2) is 23.2 Å². The van der Waals surface area contributed by atoms with Gasteiger partial charge in [-0.25, -0.2) is 0 Å². The second-order valence-electron chi connectivity index (χ2n) is 3.71. The van der Waals surface area contributed by atoms with Gasteiger partial charge in [-0.1, -0.05) is 0 Å². The smallest absolute Gasteiger partial charge is 0.287 e. The molecule has 0 aliphatic heterocycles. The van der Waals surface area contributed by atoms with Crippen molar-refractivity contribution in [2.45, 2.75) is 19.4 Å². The monoisotopic (exact) mass is 249 g/mol. The maximum absolute atomic E-state index is 11.7. The highest BCUT2D eigenvalue weighted by Crippen LogP contribution is 2.13. The Kier molecular flexibility index (Phi) is 4.05. The van der Waals surface area contributed by atoms with Gasteiger partial charge in [-0.15, -0.1) is 23.2 Å². The van der Waals surface area contributed by atoms with E-state index in [0.29, 0.717) is 5.76 Å². The van der Waals surface area contributed by atoms with E-state index in [2.05, 4.69) is 5.32 Å². The Hall–Kier alpha value is -0.670. The van der Waals surface area contributed by atoms with Crippen LogP contribution in [0.25, 0.3) is 0 Å². The number of alkyl halides is 2. The number of hydrogen-bond donors (Lipinski definition) is 1. The maximum atomic E-state index is 11.7. The molecule has 0 atom stereocenters. The number of amides is 1. The topological polar surface area (TPSA) is 42.2 Å². The molecule has 0 spiro atoms. The number of hydrogen-bond acceptors (Lipinski definition) is 2. The fourth-order valence-corrected chi connectivity index (χ4v) is 1.46. The van der Waals surface area contributed by atoms with Crippen molar-refractivity contribution in [1.82, 2.24) is 5.32 Å². The van der Waals surface area contributed by atoms with Crippen LogP contribution in [-0.2, 0) is 0 Å². The minimum Gasteiger partial charge on any atom is -0.459 e. The molecule has 1 aromatic rings. The maximum Gasteiger partial charge on any atom is 0.287 e. The van der Waals surface area contributed by atoms with E-state index in [1.807, 2.05) is 0 Å². The second kappa shape index (κ2) is 4.90. The molecule has 0 aliphatic rings. The highest BCUT2D eigenvalue weighted by molar-refractivity contribution is 6.22. The predicted octanol–water partition coefficient (Wildman–Crippen LogP) is 2.55. The Balaban J connectivity index is 2.76. The van der Waals surface area contributed by atoms with Gasteiger partial charge in [0.1, 0.15) is 0 Å². The molecule has 0 unspecified atom stereocenters. The summed E-state index contributed by atoms with van der Waals surface area (Å²) in [7, 11) is 0. The first kappa shape index (κ1) is 12.4. The molecule has 5 heteroatoms. The largest absolute Gasteiger partial charge is 0.459 e. The Bertz CT molecular complexity index is 345. The number of rotatable bonds is 4. The standard InChI is InChI=1S/C10H13Cl2NO2/c1-7-3-4-15-8(7)9(14)13-10(2,5-11)6-12/h3-4H,5-6H2,1-2H3,(H,13,14). The third kappa shape index (κ3) is 2.89. The van der Waals surface area contributed by atoms with Crippen LogP contribution in [0.4, 0.5) is 0 Å². The molecule has 1 amide bonds. The zero-order valence-corrected chi connectivity index (χ0v) is 10.2. The minimum absolute atomic E-state index is 0.252. The van der Waals surface area contributed by atoms with Crippen molar-refractivity contribution >= 4 is 29.1 Å². The molecule has 15 heavy (non-hydrogen) atoms. The van der Waals surface area contributed by atoms with Gasteiger partial charge < -0.3 is 9.73 Å². The van der Waals surface area contributed by atoms with Gasteiger partial charge in [0, 0.05) is 17.3 Å². The molecule has 0 saturated heterocycles. The van der Waals surface area contributed by atoms with Gasteiger partial charge in [0.15, 0.2) is 5.76 Å². The van der Waals surface area contributed by atoms with Gasteiger partial charge in [-0.05, 0) is 19.9 Å². The van der Waals surface area contributed by atoms with Gasteiger partial charge in [0.05, 0.1) is 11.8 Å². The number of carbonyl (C=O) groups is 1. The van der Waals surface area contributed by atoms with Crippen molar-refractivity contribution in [1.29, 1.82) is 0 Å². The van der Waals surface area contributed by atoms with Crippen molar-refractivity contribution < 1.29 is 9.21 Å². The van der Waals surface area contributed by atoms with E-state index in [9.17, 15) is 4.79 Å². The fraction of sp³-hybridized carbons (Fsp3) is 0.500. The summed E-state index contributed by atoms with van der Waals surface area (Å²) < 4.78 is 5.06. The average Bonchev–Trinajstić information content (AvgIpc) is 2.64. The average molecular weight is 250 g/mol. The van der Waals surface area contributed by atoms with Crippen molar-refractivity contribution in [3.05, 3.63) is 23.7 Å². The van der Waals surface area contributed by atoms with Crippen molar-refractivity contribution in [2.75, 3.05) is 11.8 Å². The SMILES string of the molecule is Cc1ccoc1C(=O)NC(C)(CCl)CCl. The Morgan fingerprint density at radius 3 is 2.53 bits per heavy atom. The molecular formula is C10H13Cl2NO2. The third-order valence-electron chi connectivity index (χ3n) is 2.07. The Morgan fingerprint density at radius 2 is 2.13 bits per heavy atom. The summed E-state index contributed by atoms with van der Waals surface area (Å²) in [5.74, 6) is 0.516. The molecular weight excluding hydrogens is 237 g/mol. The molecule has 84 valence electrons. The number of halogens is 2. The molecule has 0 radical (unpaired) electrons. The van der Waals surface area contributed by atoms with Crippen LogP contribution in [0.15, 0.2) is 16.7 Å². The first-order chi connectivity index (χ1) is 7.02. The highest BCUT2D eigenvalue weighted by atomic mass is 35.5. The lowest BCUT2D eigenvalue weighted by Gasteiger charge is -2.25. The number of furan rings is 1. The van der Waals surface area contributed by atoms with Crippen molar-refractivity contribution in [3.8, 4) is 0 Å². The van der Waals surface area contributed by atoms with E-state index in [-0.39, 0.29) is 17.7 Å². The van der Waals surface area contributed by atoms with Gasteiger partial charge in [0.2, 0.25) is 0 Å². The lowest BCUT2D eigenvalue weighted by atomic mass is 10.1. The normalized spacial score (nSPS) is 11.5. The van der Waals surface area contributed by atoms with Crippen LogP contribution in [0.3, 0.4) is 0 Å². The molecule has 0 saturated carbocycles. The minimum atomic E-state index is -0.612. The summed E-state index contributed by atoms with van der Waals surface area (Å²) in [6.45, 7) is 3.58. The van der Waals surface area contributed by atoms with E-state index in [0.717, 1.165) is 5.56 Å². The molecule has 0 bridgehead atoms. The molecule has 1 aromatic heterocycles. The van der Waals surface area contributed by atoms with Gasteiger partial charge in [-0.3, -0.25) is 4.79 Å². The first-order valence-corrected chi connectivity index (χ1v) is 5.58. The Morgan fingerprint density at radius 1 is 1.53 bits per heavy atom. The van der Waals surface area contributed by atoms with Crippen molar-refractivity contribution in [3.63, 3.8) is 0 Å². The molecule has 1 N–H and O–H groups in total. The number of aryl methyl sites for hydroxylation is 1. The summed E-state index contributed by atoms with van der Waals surface area (Å²) in [5.41, 5.74) is 0.179. The molecule has 0 aromatic carbocycles. The van der Waals surface area contributed by atoms with Crippen LogP contribution in [0.5, 0.6) is 0 Å². The van der Waals surface area contributed by atoms with Gasteiger partial charge >= 0.3 is 0 Å². The highest BCUT2D eigenvalue weighted by Gasteiger charge is 2.26.